The van der Waals surface area contributed by atoms with Crippen molar-refractivity contribution in [2.45, 2.75) is 26.2 Å². The van der Waals surface area contributed by atoms with E-state index >= 15 is 0 Å². The lowest BCUT2D eigenvalue weighted by atomic mass is 9.94. The van der Waals surface area contributed by atoms with E-state index in [1.54, 1.807) is 9.80 Å². The predicted octanol–water partition coefficient (Wildman–Crippen LogP) is 2.08. The maximum Gasteiger partial charge on any atom is 0.229 e. The molecule has 8 nitrogen and oxygen atoms in total. The second-order valence-corrected chi connectivity index (χ2v) is 8.64. The fourth-order valence-electron chi connectivity index (χ4n) is 3.91. The van der Waals surface area contributed by atoms with E-state index in [1.165, 1.54) is 11.3 Å². The molecule has 0 saturated carbocycles. The van der Waals surface area contributed by atoms with Crippen molar-refractivity contribution in [3.8, 4) is 0 Å². The Labute approximate surface area is 172 Å². The number of amides is 3. The largest absolute Gasteiger partial charge is 0.342 e. The van der Waals surface area contributed by atoms with Crippen LogP contribution in [0.25, 0.3) is 0 Å². The molecule has 0 spiro atoms. The van der Waals surface area contributed by atoms with Gasteiger partial charge in [-0.25, -0.2) is 0 Å². The highest BCUT2D eigenvalue weighted by Crippen LogP contribution is 2.28. The first-order valence-electron chi connectivity index (χ1n) is 9.76. The molecule has 1 aromatic heterocycles. The zero-order valence-electron chi connectivity index (χ0n) is 16.2. The Bertz CT molecular complexity index is 908. The van der Waals surface area contributed by atoms with Crippen molar-refractivity contribution < 1.29 is 14.4 Å². The molecule has 29 heavy (non-hydrogen) atoms. The highest BCUT2D eigenvalue weighted by atomic mass is 32.1. The number of rotatable bonds is 4. The predicted molar refractivity (Wildman–Crippen MR) is 109 cm³/mol. The van der Waals surface area contributed by atoms with Crippen LogP contribution in [0.5, 0.6) is 0 Å². The Morgan fingerprint density at radius 2 is 1.83 bits per heavy atom. The minimum atomic E-state index is -0.322. The lowest BCUT2D eigenvalue weighted by Gasteiger charge is -2.32. The molecule has 2 saturated heterocycles. The molecule has 0 aliphatic carbocycles. The van der Waals surface area contributed by atoms with Crippen molar-refractivity contribution in [1.82, 2.24) is 15.1 Å². The van der Waals surface area contributed by atoms with Crippen molar-refractivity contribution >= 4 is 39.9 Å². The fraction of sp³-hybridized carbons (Fsp3) is 0.450. The molecular formula is C20H23N5O3S. The summed E-state index contributed by atoms with van der Waals surface area (Å²) >= 11 is 1.35. The van der Waals surface area contributed by atoms with E-state index in [-0.39, 0.29) is 36.0 Å². The van der Waals surface area contributed by atoms with Crippen LogP contribution in [0.3, 0.4) is 0 Å². The molecule has 3 heterocycles. The van der Waals surface area contributed by atoms with Crippen LogP contribution in [0.2, 0.25) is 0 Å². The van der Waals surface area contributed by atoms with Crippen molar-refractivity contribution in [2.24, 2.45) is 11.8 Å². The summed E-state index contributed by atoms with van der Waals surface area (Å²) in [6.45, 7) is 3.31. The molecule has 0 radical (unpaired) electrons. The lowest BCUT2D eigenvalue weighted by Crippen LogP contribution is -2.44. The SMILES string of the molecule is Cc1nnc(NC(=O)C2CCN(C(=O)C3CC(=O)N(c4ccccc4)C3)CC2)s1. The molecule has 3 amide bonds. The minimum Gasteiger partial charge on any atom is -0.342 e. The lowest BCUT2D eigenvalue weighted by molar-refractivity contribution is -0.138. The quantitative estimate of drug-likeness (QED) is 0.828. The van der Waals surface area contributed by atoms with Crippen LogP contribution in [0, 0.1) is 18.8 Å². The molecule has 2 aliphatic rings. The molecular weight excluding hydrogens is 390 g/mol. The number of carbonyl (C=O) groups is 3. The van der Waals surface area contributed by atoms with Gasteiger partial charge >= 0.3 is 0 Å². The summed E-state index contributed by atoms with van der Waals surface area (Å²) in [6.07, 6.45) is 1.46. The van der Waals surface area contributed by atoms with Gasteiger partial charge in [0.25, 0.3) is 0 Å². The number of benzene rings is 1. The third-order valence-corrected chi connectivity index (χ3v) is 6.23. The third kappa shape index (κ3) is 4.29. The second kappa shape index (κ2) is 8.28. The van der Waals surface area contributed by atoms with Crippen LogP contribution in [0.15, 0.2) is 30.3 Å². The summed E-state index contributed by atoms with van der Waals surface area (Å²) in [4.78, 5) is 41.2. The minimum absolute atomic E-state index is 0.00962. The van der Waals surface area contributed by atoms with E-state index < -0.39 is 0 Å². The number of nitrogens with one attached hydrogen (secondary N) is 1. The summed E-state index contributed by atoms with van der Waals surface area (Å²) in [7, 11) is 0. The van der Waals surface area contributed by atoms with E-state index in [9.17, 15) is 14.4 Å². The monoisotopic (exact) mass is 413 g/mol. The van der Waals surface area contributed by atoms with Gasteiger partial charge in [-0.2, -0.15) is 0 Å². The van der Waals surface area contributed by atoms with Gasteiger partial charge in [0, 0.05) is 37.7 Å². The zero-order valence-corrected chi connectivity index (χ0v) is 17.0. The van der Waals surface area contributed by atoms with E-state index in [0.29, 0.717) is 37.6 Å². The van der Waals surface area contributed by atoms with E-state index in [0.717, 1.165) is 10.7 Å². The number of para-hydroxylation sites is 1. The van der Waals surface area contributed by atoms with Gasteiger partial charge in [0.05, 0.1) is 5.92 Å². The van der Waals surface area contributed by atoms with Gasteiger partial charge in [0.15, 0.2) is 0 Å². The Kier molecular flexibility index (Phi) is 5.57. The maximum atomic E-state index is 12.9. The number of aromatic nitrogens is 2. The van der Waals surface area contributed by atoms with Crippen LogP contribution >= 0.6 is 11.3 Å². The van der Waals surface area contributed by atoms with Crippen molar-refractivity contribution in [3.63, 3.8) is 0 Å². The van der Waals surface area contributed by atoms with Crippen LogP contribution in [0.1, 0.15) is 24.3 Å². The number of piperidine rings is 1. The van der Waals surface area contributed by atoms with E-state index in [4.69, 9.17) is 0 Å². The van der Waals surface area contributed by atoms with E-state index in [1.807, 2.05) is 37.3 Å². The summed E-state index contributed by atoms with van der Waals surface area (Å²) < 4.78 is 0. The number of nitrogens with zero attached hydrogens (tertiary/aromatic N) is 4. The Balaban J connectivity index is 1.30. The van der Waals surface area contributed by atoms with Crippen molar-refractivity contribution in [2.75, 3.05) is 29.9 Å². The zero-order chi connectivity index (χ0) is 20.4. The summed E-state index contributed by atoms with van der Waals surface area (Å²) in [5.74, 6) is -0.544. The first kappa shape index (κ1) is 19.5. The molecule has 152 valence electrons. The van der Waals surface area contributed by atoms with Gasteiger partial charge < -0.3 is 15.1 Å². The number of anilines is 2. The average molecular weight is 414 g/mol. The van der Waals surface area contributed by atoms with Gasteiger partial charge in [0.2, 0.25) is 22.9 Å². The molecule has 1 unspecified atom stereocenters. The first-order chi connectivity index (χ1) is 14.0. The molecule has 0 bridgehead atoms. The molecule has 9 heteroatoms. The van der Waals surface area contributed by atoms with Crippen LogP contribution in [0.4, 0.5) is 10.8 Å². The van der Waals surface area contributed by atoms with Gasteiger partial charge in [-0.15, -0.1) is 10.2 Å². The molecule has 2 aliphatic heterocycles. The summed E-state index contributed by atoms with van der Waals surface area (Å²) in [6, 6.07) is 9.44. The highest BCUT2D eigenvalue weighted by Gasteiger charge is 2.38. The fourth-order valence-corrected chi connectivity index (χ4v) is 4.50. The molecule has 1 N–H and O–H groups in total. The van der Waals surface area contributed by atoms with E-state index in [2.05, 4.69) is 15.5 Å². The molecule has 2 aromatic rings. The van der Waals surface area contributed by atoms with Gasteiger partial charge in [-0.05, 0) is 31.9 Å². The molecule has 2 fully saturated rings. The Morgan fingerprint density at radius 1 is 1.10 bits per heavy atom. The normalized spacial score (nSPS) is 20.2. The smallest absolute Gasteiger partial charge is 0.229 e. The van der Waals surface area contributed by atoms with Crippen molar-refractivity contribution in [3.05, 3.63) is 35.3 Å². The van der Waals surface area contributed by atoms with Crippen molar-refractivity contribution in [1.29, 1.82) is 0 Å². The Morgan fingerprint density at radius 3 is 2.48 bits per heavy atom. The van der Waals surface area contributed by atoms with Crippen LogP contribution in [-0.2, 0) is 14.4 Å². The maximum absolute atomic E-state index is 12.9. The van der Waals surface area contributed by atoms with Gasteiger partial charge in [-0.3, -0.25) is 14.4 Å². The van der Waals surface area contributed by atoms with Gasteiger partial charge in [-0.1, -0.05) is 29.5 Å². The summed E-state index contributed by atoms with van der Waals surface area (Å²) in [5, 5.41) is 11.9. The standard InChI is InChI=1S/C20H23N5O3S/c1-13-22-23-20(29-13)21-18(27)14-7-9-24(10-8-14)19(28)15-11-17(26)25(12-15)16-5-3-2-4-6-16/h2-6,14-15H,7-12H2,1H3,(H,21,23,27). The Hall–Kier alpha value is -2.81. The molecule has 4 rings (SSSR count). The highest BCUT2D eigenvalue weighted by molar-refractivity contribution is 7.15. The number of likely N-dealkylation sites (tertiary alicyclic amines) is 1. The van der Waals surface area contributed by atoms with Crippen LogP contribution < -0.4 is 10.2 Å². The first-order valence-corrected chi connectivity index (χ1v) is 10.6. The number of aryl methyl sites for hydroxylation is 1. The van der Waals surface area contributed by atoms with Crippen LogP contribution in [-0.4, -0.2) is 52.5 Å². The summed E-state index contributed by atoms with van der Waals surface area (Å²) in [5.41, 5.74) is 0.829. The topological polar surface area (TPSA) is 95.5 Å². The molecule has 1 aromatic carbocycles. The third-order valence-electron chi connectivity index (χ3n) is 5.48. The number of hydrogen-bond donors (Lipinski definition) is 1. The number of hydrogen-bond acceptors (Lipinski definition) is 6. The second-order valence-electron chi connectivity index (χ2n) is 7.46. The number of carbonyl (C=O) groups excluding carboxylic acids is 3. The average Bonchev–Trinajstić information content (AvgIpc) is 3.33. The van der Waals surface area contributed by atoms with Gasteiger partial charge in [0.1, 0.15) is 5.01 Å². The molecule has 1 atom stereocenters.